The number of hydrogen-bond acceptors (Lipinski definition) is 4. The van der Waals surface area contributed by atoms with E-state index in [9.17, 15) is 8.42 Å². The number of nitrogens with zero attached hydrogens (tertiary/aromatic N) is 3. The molecule has 0 saturated carbocycles. The first-order chi connectivity index (χ1) is 7.46. The lowest BCUT2D eigenvalue weighted by Gasteiger charge is -2.31. The maximum Gasteiger partial charge on any atom is 0.208 e. The van der Waals surface area contributed by atoms with Crippen LogP contribution in [0.5, 0.6) is 0 Å². The van der Waals surface area contributed by atoms with Crippen molar-refractivity contribution in [3.63, 3.8) is 0 Å². The number of sulfonamides is 1. The highest BCUT2D eigenvalue weighted by Crippen LogP contribution is 2.18. The molecule has 7 heteroatoms. The van der Waals surface area contributed by atoms with Crippen LogP contribution >= 0.6 is 0 Å². The van der Waals surface area contributed by atoms with E-state index in [0.29, 0.717) is 6.54 Å². The quantitative estimate of drug-likeness (QED) is 0.772. The highest BCUT2D eigenvalue weighted by Gasteiger charge is 2.23. The molecular formula is C9H16N4O2S. The molecule has 1 atom stereocenters. The third kappa shape index (κ3) is 2.60. The van der Waals surface area contributed by atoms with Gasteiger partial charge in [0.2, 0.25) is 10.0 Å². The molecule has 1 N–H and O–H groups in total. The molecular weight excluding hydrogens is 228 g/mol. The Bertz CT molecular complexity index is 468. The van der Waals surface area contributed by atoms with Crippen LogP contribution in [0.3, 0.4) is 0 Å². The predicted octanol–water partition coefficient (Wildman–Crippen LogP) is -0.581. The van der Waals surface area contributed by atoms with Crippen LogP contribution in [0, 0.1) is 0 Å². The Labute approximate surface area is 95.3 Å². The lowest BCUT2D eigenvalue weighted by molar-refractivity contribution is 0.224. The van der Waals surface area contributed by atoms with Gasteiger partial charge in [-0.3, -0.25) is 4.90 Å². The molecule has 1 aromatic heterocycles. The zero-order valence-electron chi connectivity index (χ0n) is 9.42. The average molecular weight is 244 g/mol. The van der Waals surface area contributed by atoms with E-state index in [-0.39, 0.29) is 6.04 Å². The first-order valence-corrected chi connectivity index (χ1v) is 6.99. The van der Waals surface area contributed by atoms with Crippen molar-refractivity contribution in [2.45, 2.75) is 12.6 Å². The number of aromatic nitrogens is 2. The molecule has 0 bridgehead atoms. The monoisotopic (exact) mass is 244 g/mol. The van der Waals surface area contributed by atoms with Crippen molar-refractivity contribution in [3.05, 3.63) is 18.2 Å². The lowest BCUT2D eigenvalue weighted by atomic mass is 10.2. The van der Waals surface area contributed by atoms with Crippen LogP contribution in [-0.4, -0.2) is 49.3 Å². The second kappa shape index (κ2) is 4.15. The Hall–Kier alpha value is -0.920. The number of likely N-dealkylation sites (N-methyl/N-ethyl adjacent to an activating group) is 1. The van der Waals surface area contributed by atoms with Gasteiger partial charge in [-0.25, -0.2) is 18.1 Å². The largest absolute Gasteiger partial charge is 0.328 e. The minimum atomic E-state index is -3.13. The Balaban J connectivity index is 2.12. The Morgan fingerprint density at radius 3 is 3.06 bits per heavy atom. The van der Waals surface area contributed by atoms with Crippen molar-refractivity contribution in [1.82, 2.24) is 19.2 Å². The molecule has 6 nitrogen and oxygen atoms in total. The second-order valence-electron chi connectivity index (χ2n) is 4.26. The van der Waals surface area contributed by atoms with E-state index in [1.165, 1.54) is 6.26 Å². The summed E-state index contributed by atoms with van der Waals surface area (Å²) in [4.78, 5) is 6.25. The molecule has 90 valence electrons. The number of imidazole rings is 1. The number of hydrogen-bond donors (Lipinski definition) is 1. The van der Waals surface area contributed by atoms with Crippen molar-refractivity contribution >= 4 is 10.0 Å². The minimum Gasteiger partial charge on any atom is -0.328 e. The smallest absolute Gasteiger partial charge is 0.208 e. The molecule has 2 heterocycles. The second-order valence-corrected chi connectivity index (χ2v) is 6.10. The Morgan fingerprint density at radius 2 is 2.38 bits per heavy atom. The van der Waals surface area contributed by atoms with E-state index in [2.05, 4.69) is 14.6 Å². The molecule has 0 amide bonds. The van der Waals surface area contributed by atoms with Gasteiger partial charge >= 0.3 is 0 Å². The normalized spacial score (nSPS) is 22.0. The summed E-state index contributed by atoms with van der Waals surface area (Å²) in [6, 6.07) is 0.117. The van der Waals surface area contributed by atoms with E-state index in [0.717, 1.165) is 18.8 Å². The zero-order valence-corrected chi connectivity index (χ0v) is 10.2. The fourth-order valence-corrected chi connectivity index (χ4v) is 2.48. The van der Waals surface area contributed by atoms with Crippen LogP contribution in [0.25, 0.3) is 0 Å². The molecule has 1 aliphatic heterocycles. The summed E-state index contributed by atoms with van der Waals surface area (Å²) in [5, 5.41) is 0. The molecule has 1 aliphatic rings. The first kappa shape index (κ1) is 11.6. The number of rotatable bonds is 3. The van der Waals surface area contributed by atoms with Gasteiger partial charge in [-0.1, -0.05) is 0 Å². The van der Waals surface area contributed by atoms with Gasteiger partial charge in [0.1, 0.15) is 0 Å². The van der Waals surface area contributed by atoms with Crippen molar-refractivity contribution in [2.75, 3.05) is 26.4 Å². The SMILES string of the molecule is CN1Cc2cncn2[C@H](CNS(C)(=O)=O)C1. The summed E-state index contributed by atoms with van der Waals surface area (Å²) >= 11 is 0. The highest BCUT2D eigenvalue weighted by molar-refractivity contribution is 7.88. The van der Waals surface area contributed by atoms with Gasteiger partial charge in [-0.2, -0.15) is 0 Å². The summed E-state index contributed by atoms with van der Waals surface area (Å²) in [6.45, 7) is 2.09. The molecule has 0 unspecified atom stereocenters. The molecule has 0 saturated heterocycles. The predicted molar refractivity (Wildman–Crippen MR) is 60.4 cm³/mol. The Morgan fingerprint density at radius 1 is 1.62 bits per heavy atom. The summed E-state index contributed by atoms with van der Waals surface area (Å²) < 4.78 is 26.7. The summed E-state index contributed by atoms with van der Waals surface area (Å²) in [6.07, 6.45) is 4.76. The zero-order chi connectivity index (χ0) is 11.8. The topological polar surface area (TPSA) is 67.2 Å². The van der Waals surface area contributed by atoms with Crippen LogP contribution < -0.4 is 4.72 Å². The van der Waals surface area contributed by atoms with Gasteiger partial charge in [-0.05, 0) is 7.05 Å². The van der Waals surface area contributed by atoms with Gasteiger partial charge in [0.25, 0.3) is 0 Å². The van der Waals surface area contributed by atoms with Crippen LogP contribution in [0.2, 0.25) is 0 Å². The van der Waals surface area contributed by atoms with Gasteiger partial charge in [0, 0.05) is 25.8 Å². The van der Waals surface area contributed by atoms with E-state index in [4.69, 9.17) is 0 Å². The van der Waals surface area contributed by atoms with Crippen molar-refractivity contribution < 1.29 is 8.42 Å². The van der Waals surface area contributed by atoms with Crippen molar-refractivity contribution in [3.8, 4) is 0 Å². The molecule has 0 aromatic carbocycles. The highest BCUT2D eigenvalue weighted by atomic mass is 32.2. The first-order valence-electron chi connectivity index (χ1n) is 5.09. The fourth-order valence-electron chi connectivity index (χ4n) is 1.98. The molecule has 1 aromatic rings. The minimum absolute atomic E-state index is 0.117. The third-order valence-corrected chi connectivity index (χ3v) is 3.37. The molecule has 0 radical (unpaired) electrons. The van der Waals surface area contributed by atoms with Gasteiger partial charge in [0.15, 0.2) is 0 Å². The van der Waals surface area contributed by atoms with Crippen LogP contribution in [0.1, 0.15) is 11.7 Å². The van der Waals surface area contributed by atoms with E-state index in [1.807, 2.05) is 17.8 Å². The lowest BCUT2D eigenvalue weighted by Crippen LogP contribution is -2.40. The molecule has 0 spiro atoms. The van der Waals surface area contributed by atoms with Crippen molar-refractivity contribution in [1.29, 1.82) is 0 Å². The Kier molecular flexibility index (Phi) is 3.00. The van der Waals surface area contributed by atoms with Gasteiger partial charge in [-0.15, -0.1) is 0 Å². The fraction of sp³-hybridized carbons (Fsp3) is 0.667. The number of nitrogens with one attached hydrogen (secondary N) is 1. The standard InChI is InChI=1S/C9H16N4O2S/c1-12-5-8-3-10-7-13(8)9(6-12)4-11-16(2,14)15/h3,7,9,11H,4-6H2,1-2H3/t9-/m1/s1. The van der Waals surface area contributed by atoms with E-state index >= 15 is 0 Å². The van der Waals surface area contributed by atoms with Gasteiger partial charge in [0.05, 0.1) is 24.3 Å². The third-order valence-electron chi connectivity index (χ3n) is 2.68. The molecule has 16 heavy (non-hydrogen) atoms. The van der Waals surface area contributed by atoms with Gasteiger partial charge < -0.3 is 4.57 Å². The molecule has 2 rings (SSSR count). The maximum atomic E-state index is 11.1. The maximum absolute atomic E-state index is 11.1. The van der Waals surface area contributed by atoms with Crippen LogP contribution in [-0.2, 0) is 16.6 Å². The van der Waals surface area contributed by atoms with Crippen LogP contribution in [0.15, 0.2) is 12.5 Å². The average Bonchev–Trinajstić information content (AvgIpc) is 2.60. The summed E-state index contributed by atoms with van der Waals surface area (Å²) in [5.74, 6) is 0. The number of fused-ring (bicyclic) bond motifs is 1. The van der Waals surface area contributed by atoms with E-state index in [1.54, 1.807) is 6.33 Å². The van der Waals surface area contributed by atoms with E-state index < -0.39 is 10.0 Å². The van der Waals surface area contributed by atoms with Crippen molar-refractivity contribution in [2.24, 2.45) is 0 Å². The summed E-state index contributed by atoms with van der Waals surface area (Å²) in [7, 11) is -1.11. The molecule has 0 aliphatic carbocycles. The van der Waals surface area contributed by atoms with Crippen LogP contribution in [0.4, 0.5) is 0 Å². The summed E-state index contributed by atoms with van der Waals surface area (Å²) in [5.41, 5.74) is 1.12. The molecule has 0 fully saturated rings.